The first kappa shape index (κ1) is 105. The summed E-state index contributed by atoms with van der Waals surface area (Å²) in [7, 11) is 1.68. The predicted octanol–water partition coefficient (Wildman–Crippen LogP) is 22.2. The summed E-state index contributed by atoms with van der Waals surface area (Å²) >= 11 is 0. The summed E-state index contributed by atoms with van der Waals surface area (Å²) < 4.78 is 135. The number of nitrogens with one attached hydrogen (secondary N) is 6. The van der Waals surface area contributed by atoms with Gasteiger partial charge in [0.25, 0.3) is 0 Å². The average Bonchev–Trinajstić information content (AvgIpc) is 0.824. The lowest BCUT2D eigenvalue weighted by atomic mass is 9.86. The van der Waals surface area contributed by atoms with Crippen molar-refractivity contribution in [1.29, 1.82) is 0 Å². The van der Waals surface area contributed by atoms with E-state index in [0.29, 0.717) is 68.0 Å². The number of para-hydroxylation sites is 1. The number of hydrogen-bond acceptors (Lipinski definition) is 13. The first-order valence-corrected chi connectivity index (χ1v) is 49.6. The summed E-state index contributed by atoms with van der Waals surface area (Å²) in [5, 5.41) is 17.3. The minimum atomic E-state index is -4.48. The van der Waals surface area contributed by atoms with Crippen LogP contribution in [0.1, 0.15) is 201 Å². The molecule has 19 nitrogen and oxygen atoms in total. The van der Waals surface area contributed by atoms with Crippen molar-refractivity contribution in [3.63, 3.8) is 0 Å². The highest BCUT2D eigenvalue weighted by atomic mass is 19.4. The van der Waals surface area contributed by atoms with Crippen molar-refractivity contribution in [2.75, 3.05) is 154 Å². The molecule has 0 aromatic heterocycles. The highest BCUT2D eigenvalue weighted by Gasteiger charge is 2.38. The molecule has 754 valence electrons. The number of carbonyl (C=O) groups excluding carboxylic acids is 4. The van der Waals surface area contributed by atoms with Gasteiger partial charge in [-0.25, -0.2) is 14.0 Å². The molecule has 3 saturated carbocycles. The molecule has 9 aromatic rings. The quantitative estimate of drug-likeness (QED) is 0.0269. The van der Waals surface area contributed by atoms with Crippen molar-refractivity contribution in [3.8, 4) is 5.75 Å². The maximum Gasteiger partial charge on any atom is 0.416 e. The molecule has 7 fully saturated rings. The van der Waals surface area contributed by atoms with Crippen molar-refractivity contribution in [2.45, 2.75) is 196 Å². The molecule has 4 atom stereocenters. The van der Waals surface area contributed by atoms with Crippen LogP contribution in [0.4, 0.5) is 70.6 Å². The van der Waals surface area contributed by atoms with E-state index in [1.807, 2.05) is 48.5 Å². The van der Waals surface area contributed by atoms with E-state index in [1.54, 1.807) is 19.2 Å². The van der Waals surface area contributed by atoms with Crippen LogP contribution in [-0.4, -0.2) is 214 Å². The molecule has 4 unspecified atom stereocenters. The van der Waals surface area contributed by atoms with Gasteiger partial charge in [-0.15, -0.1) is 0 Å². The molecular formula is C110H144F10N14O5. The molecule has 4 heterocycles. The molecule has 16 rings (SSSR count). The number of hydrogen-bond donors (Lipinski definition) is 6. The first-order chi connectivity index (χ1) is 66.9. The molecule has 6 amide bonds. The molecule has 4 saturated heterocycles. The summed E-state index contributed by atoms with van der Waals surface area (Å²) in [6, 6.07) is 68.6. The fraction of sp³-hybridized carbons (Fsp3) is 0.473. The Morgan fingerprint density at radius 2 is 0.619 bits per heavy atom. The van der Waals surface area contributed by atoms with E-state index in [4.69, 9.17) is 4.74 Å². The number of carbonyl (C=O) groups is 4. The second-order valence-electron chi connectivity index (χ2n) is 38.6. The number of amides is 6. The van der Waals surface area contributed by atoms with Crippen LogP contribution in [-0.2, 0) is 46.4 Å². The molecule has 9 aromatic carbocycles. The monoisotopic (exact) mass is 1930 g/mol. The van der Waals surface area contributed by atoms with E-state index in [0.717, 1.165) is 145 Å². The van der Waals surface area contributed by atoms with Crippen molar-refractivity contribution in [2.24, 2.45) is 0 Å². The maximum atomic E-state index is 13.1. The summed E-state index contributed by atoms with van der Waals surface area (Å²) in [5.41, 5.74) is 6.96. The van der Waals surface area contributed by atoms with Gasteiger partial charge in [-0.2, -0.15) is 39.5 Å². The minimum absolute atomic E-state index is 0. The summed E-state index contributed by atoms with van der Waals surface area (Å²) in [6.07, 6.45) is 6.70. The van der Waals surface area contributed by atoms with E-state index in [2.05, 4.69) is 183 Å². The van der Waals surface area contributed by atoms with Crippen LogP contribution in [0.15, 0.2) is 237 Å². The highest BCUT2D eigenvalue weighted by molar-refractivity contribution is 5.90. The number of urea groups is 2. The van der Waals surface area contributed by atoms with Crippen molar-refractivity contribution in [3.05, 3.63) is 298 Å². The van der Waals surface area contributed by atoms with Crippen molar-refractivity contribution >= 4 is 40.9 Å². The zero-order valence-corrected chi connectivity index (χ0v) is 80.6. The molecule has 29 heteroatoms. The van der Waals surface area contributed by atoms with Gasteiger partial charge in [-0.1, -0.05) is 218 Å². The molecular weight excluding hydrogens is 1790 g/mol. The van der Waals surface area contributed by atoms with Gasteiger partial charge in [0, 0.05) is 170 Å². The number of nitrogens with zero attached hydrogens (tertiary/aromatic N) is 8. The largest absolute Gasteiger partial charge is 0.497 e. The number of alkyl halides is 9. The summed E-state index contributed by atoms with van der Waals surface area (Å²) in [5.74, 6) is 0.400. The molecule has 0 bridgehead atoms. The number of piperazine rings is 4. The Kier molecular flexibility index (Phi) is 39.0. The van der Waals surface area contributed by atoms with Gasteiger partial charge < -0.3 is 41.5 Å². The third-order valence-corrected chi connectivity index (χ3v) is 28.3. The van der Waals surface area contributed by atoms with Gasteiger partial charge in [0.1, 0.15) is 11.6 Å². The lowest BCUT2D eigenvalue weighted by Gasteiger charge is -2.43. The number of benzene rings is 9. The van der Waals surface area contributed by atoms with Crippen LogP contribution in [0.2, 0.25) is 0 Å². The third-order valence-electron chi connectivity index (χ3n) is 28.3. The SMILES string of the molecule is CC(C)(C)c1ccc(C(CNC(=O)Cc2ccc(C(F)(F)F)cc2)N2CCN(C3CCCCC3)CC2)cc1.COc1ccc(C(CNC(=O)Cc2ccccc2)N2CCN(c3ccccc3)CC2)cc1.O=C(NCC(c1ccc(C(F)(F)F)cc1)N1CCN(C2CCCCC2)CC1)Nc1ccc(C(F)(F)F)cc1.O=C(NCC(c1ccccc1)N1CCN(C2CCCCC2)CC1)Nc1ccc(F)cc1.[HH].[HH].[HH]. The zero-order chi connectivity index (χ0) is 98.3. The minimum Gasteiger partial charge on any atom is -0.497 e. The van der Waals surface area contributed by atoms with Gasteiger partial charge in [0.15, 0.2) is 0 Å². The Hall–Kier alpha value is -10.9. The number of anilines is 3. The normalized spacial score (nSPS) is 18.4. The Balaban J connectivity index is 0.000000194. The standard InChI is InChI=1S/C31H42F3N3O.C27H32F6N4O.C27H31N3O2.C25H33FN4O.3H2/c1-30(2,3)25-15-11-24(12-16-25)28(37-19-17-36(18-20-37)27-7-5-4-6-8-27)22-35-29(38)21-23-9-13-26(14-10-23)31(32,33)34;28-26(29,30)20-8-6-19(7-9-20)24(37-16-14-36(15-17-37)23-4-2-1-3-5-23)18-34-25(38)35-22-12-10-21(11-13-22)27(31,32)33;1-32-25-14-12-23(13-15-25)26(21-28-27(31)20-22-8-4-2-5-9-22)30-18-16-29(17-19-30)24-10-6-3-7-11-24;26-21-11-13-22(14-12-21)28-25(31)27-19-24(20-7-3-1-4-8-20)30-17-15-29(16-18-30)23-9-5-2-6-10-23;;;/h9-16,27-28H,4-8,17-22H2,1-3H3,(H,35,38);6-13,23-24H,1-5,14-18H2,(H2,34,35,38);2-15,26H,16-21H2,1H3,(H,28,31);1,3-4,7-8,11-14,23-24H,2,5-6,9-10,15-19H2,(H2,27,28,31);3*1H. The summed E-state index contributed by atoms with van der Waals surface area (Å²) in [4.78, 5) is 70.2. The molecule has 4 aliphatic heterocycles. The zero-order valence-electron chi connectivity index (χ0n) is 80.6. The second kappa shape index (κ2) is 51.5. The van der Waals surface area contributed by atoms with E-state index in [-0.39, 0.29) is 76.2 Å². The highest BCUT2D eigenvalue weighted by Crippen LogP contribution is 2.38. The van der Waals surface area contributed by atoms with Crippen LogP contribution in [0.5, 0.6) is 5.75 Å². The smallest absolute Gasteiger partial charge is 0.416 e. The summed E-state index contributed by atoms with van der Waals surface area (Å²) in [6.45, 7) is 23.5. The topological polar surface area (TPSA) is 176 Å². The van der Waals surface area contributed by atoms with Gasteiger partial charge >= 0.3 is 30.6 Å². The maximum absolute atomic E-state index is 13.1. The number of ether oxygens (including phenoxy) is 1. The lowest BCUT2D eigenvalue weighted by Crippen LogP contribution is -2.53. The van der Waals surface area contributed by atoms with Gasteiger partial charge in [-0.05, 0) is 180 Å². The van der Waals surface area contributed by atoms with E-state index in [9.17, 15) is 63.1 Å². The average molecular weight is 1930 g/mol. The van der Waals surface area contributed by atoms with E-state index < -0.39 is 41.3 Å². The predicted molar refractivity (Wildman–Crippen MR) is 537 cm³/mol. The van der Waals surface area contributed by atoms with Gasteiger partial charge in [0.2, 0.25) is 11.8 Å². The molecule has 3 aliphatic carbocycles. The van der Waals surface area contributed by atoms with Crippen molar-refractivity contribution in [1.82, 2.24) is 55.6 Å². The van der Waals surface area contributed by atoms with Crippen LogP contribution >= 0.6 is 0 Å². The fourth-order valence-corrected chi connectivity index (χ4v) is 20.3. The first-order valence-electron chi connectivity index (χ1n) is 49.6. The number of rotatable bonds is 27. The Bertz CT molecular complexity index is 5000. The van der Waals surface area contributed by atoms with Gasteiger partial charge in [-0.3, -0.25) is 43.9 Å². The van der Waals surface area contributed by atoms with Crippen LogP contribution < -0.4 is 41.5 Å². The Morgan fingerprint density at radius 1 is 0.331 bits per heavy atom. The third kappa shape index (κ3) is 32.6. The van der Waals surface area contributed by atoms with E-state index >= 15 is 0 Å². The second-order valence-corrected chi connectivity index (χ2v) is 38.6. The molecule has 0 spiro atoms. The Morgan fingerprint density at radius 3 is 0.964 bits per heavy atom. The molecule has 139 heavy (non-hydrogen) atoms. The number of halogens is 10. The molecule has 7 aliphatic rings. The van der Waals surface area contributed by atoms with Gasteiger partial charge in [0.05, 0.1) is 60.8 Å². The lowest BCUT2D eigenvalue weighted by molar-refractivity contribution is -0.138. The number of methoxy groups -OCH3 is 1. The molecule has 6 N–H and O–H groups in total. The van der Waals surface area contributed by atoms with E-state index in [1.165, 1.54) is 173 Å². The van der Waals surface area contributed by atoms with Crippen LogP contribution in [0.25, 0.3) is 0 Å². The van der Waals surface area contributed by atoms with Crippen LogP contribution in [0.3, 0.4) is 0 Å². The molecule has 0 radical (unpaired) electrons. The fourth-order valence-electron chi connectivity index (χ4n) is 20.3. The van der Waals surface area contributed by atoms with Crippen LogP contribution in [0, 0.1) is 5.82 Å². The Labute approximate surface area is 818 Å². The van der Waals surface area contributed by atoms with Crippen molar-refractivity contribution < 1.29 is 72.1 Å².